The predicted molar refractivity (Wildman–Crippen MR) is 565 cm³/mol. The van der Waals surface area contributed by atoms with E-state index in [9.17, 15) is 57.2 Å². The second-order valence-corrected chi connectivity index (χ2v) is 45.9. The molecule has 0 aromatic heterocycles. The number of anilines is 3. The molecule has 25 atom stereocenters. The summed E-state index contributed by atoms with van der Waals surface area (Å²) in [6.07, 6.45) is 1.64. The number of nitrogens with two attached hydrogens (primary N) is 3. The molecule has 0 unspecified atom stereocenters. The first-order valence-corrected chi connectivity index (χ1v) is 52.4. The number of amides is 4. The number of ether oxygens (including phenoxy) is 3. The van der Waals surface area contributed by atoms with E-state index >= 15 is 0 Å². The Morgan fingerprint density at radius 1 is 0.476 bits per heavy atom. The highest BCUT2D eigenvalue weighted by molar-refractivity contribution is 5.97. The Balaban J connectivity index is 0.000000178. The molecule has 147 heavy (non-hydrogen) atoms. The molecular formula is C114H163F4N15O14. The van der Waals surface area contributed by atoms with E-state index in [4.69, 9.17) is 45.9 Å². The van der Waals surface area contributed by atoms with Crippen LogP contribution < -0.4 is 72.7 Å². The smallest absolute Gasteiger partial charge is 0.251 e. The van der Waals surface area contributed by atoms with Crippen molar-refractivity contribution in [3.05, 3.63) is 177 Å². The molecule has 9 saturated carbocycles. The summed E-state index contributed by atoms with van der Waals surface area (Å²) in [5, 5.41) is 64.2. The summed E-state index contributed by atoms with van der Waals surface area (Å²) in [6.45, 7) is 27.7. The molecule has 9 aliphatic carbocycles. The number of rotatable bonds is 36. The molecule has 12 fully saturated rings. The Labute approximate surface area is 866 Å². The normalized spacial score (nSPS) is 28.4. The molecule has 7 aromatic rings. The van der Waals surface area contributed by atoms with Crippen LogP contribution in [0.1, 0.15) is 165 Å². The Bertz CT molecular complexity index is 5760. The van der Waals surface area contributed by atoms with Gasteiger partial charge in [-0.15, -0.1) is 0 Å². The summed E-state index contributed by atoms with van der Waals surface area (Å²) in [4.78, 5) is 83.1. The second kappa shape index (κ2) is 46.7. The Hall–Kier alpha value is -9.66. The first-order valence-electron chi connectivity index (χ1n) is 52.4. The lowest BCUT2D eigenvalue weighted by atomic mass is 9.45. The van der Waals surface area contributed by atoms with Gasteiger partial charge < -0.3 is 98.0 Å². The monoisotopic (exact) mass is 2040 g/mol. The molecule has 33 heteroatoms. The predicted octanol–water partition coefficient (Wildman–Crippen LogP) is 12.8. The zero-order valence-corrected chi connectivity index (χ0v) is 90.5. The summed E-state index contributed by atoms with van der Waals surface area (Å²) < 4.78 is 75.8. The van der Waals surface area contributed by atoms with E-state index in [-0.39, 0.29) is 85.0 Å². The van der Waals surface area contributed by atoms with Gasteiger partial charge in [-0.3, -0.25) is 33.7 Å². The number of nitrogens with zero attached hydrogens (tertiary/aromatic N) is 7. The molecule has 3 aliphatic heterocycles. The van der Waals surface area contributed by atoms with Crippen LogP contribution in [0.15, 0.2) is 115 Å². The third-order valence-corrected chi connectivity index (χ3v) is 35.0. The number of carbonyl (C=O) groups excluding carboxylic acids is 4. The van der Waals surface area contributed by atoms with E-state index in [1.54, 1.807) is 95.2 Å². The summed E-state index contributed by atoms with van der Waals surface area (Å²) in [5.41, 5.74) is 31.1. The lowest BCUT2D eigenvalue weighted by molar-refractivity contribution is -0.183. The summed E-state index contributed by atoms with van der Waals surface area (Å²) in [5.74, 6) is -2.43. The number of benzene rings is 7. The molecule has 29 nitrogen and oxygen atoms in total. The molecule has 0 radical (unpaired) electrons. The van der Waals surface area contributed by atoms with Gasteiger partial charge in [0.15, 0.2) is 23.3 Å². The number of hydrogen-bond donors (Lipinski definition) is 12. The van der Waals surface area contributed by atoms with Crippen molar-refractivity contribution in [1.82, 2.24) is 46.7 Å². The topological polar surface area (TPSA) is 365 Å². The Morgan fingerprint density at radius 3 is 1.13 bits per heavy atom. The van der Waals surface area contributed by atoms with E-state index < -0.39 is 126 Å². The fourth-order valence-corrected chi connectivity index (χ4v) is 26.3. The Kier molecular flexibility index (Phi) is 35.9. The highest BCUT2D eigenvalue weighted by atomic mass is 19.2. The van der Waals surface area contributed by atoms with Gasteiger partial charge in [-0.2, -0.15) is 15.2 Å². The van der Waals surface area contributed by atoms with Gasteiger partial charge >= 0.3 is 0 Å². The van der Waals surface area contributed by atoms with Crippen LogP contribution in [0.25, 0.3) is 33.4 Å². The highest BCUT2D eigenvalue weighted by Gasteiger charge is 2.62. The maximum absolute atomic E-state index is 14.7. The number of halogens is 4. The summed E-state index contributed by atoms with van der Waals surface area (Å²) >= 11 is 0. The Morgan fingerprint density at radius 2 is 0.816 bits per heavy atom. The average molecular weight is 2040 g/mol. The van der Waals surface area contributed by atoms with E-state index in [1.165, 1.54) is 30.6 Å². The van der Waals surface area contributed by atoms with Crippen LogP contribution in [0, 0.1) is 111 Å². The van der Waals surface area contributed by atoms with Crippen molar-refractivity contribution >= 4 is 40.7 Å². The number of likely N-dealkylation sites (N-methyl/N-ethyl adjacent to an activating group) is 1. The maximum Gasteiger partial charge on any atom is 0.251 e. The number of carbonyl (C=O) groups is 4. The van der Waals surface area contributed by atoms with Gasteiger partial charge in [-0.1, -0.05) is 117 Å². The zero-order chi connectivity index (χ0) is 107. The minimum absolute atomic E-state index is 0.0305. The summed E-state index contributed by atoms with van der Waals surface area (Å²) in [6, 6.07) is 32.6. The van der Waals surface area contributed by atoms with Crippen LogP contribution in [0.4, 0.5) is 34.6 Å². The van der Waals surface area contributed by atoms with Gasteiger partial charge in [-0.25, -0.2) is 17.6 Å². The molecule has 3 heterocycles. The van der Waals surface area contributed by atoms with E-state index in [2.05, 4.69) is 141 Å². The first kappa shape index (κ1) is 113. The number of methoxy groups -OCH3 is 3. The van der Waals surface area contributed by atoms with Crippen molar-refractivity contribution in [1.29, 1.82) is 0 Å². The molecule has 15 N–H and O–H groups in total. The van der Waals surface area contributed by atoms with Gasteiger partial charge in [0.1, 0.15) is 41.5 Å². The van der Waals surface area contributed by atoms with Crippen molar-refractivity contribution in [2.45, 2.75) is 240 Å². The number of fused-ring (bicyclic) bond motifs is 6. The quantitative estimate of drug-likeness (QED) is 0.0128. The highest BCUT2D eigenvalue weighted by Crippen LogP contribution is 2.64. The van der Waals surface area contributed by atoms with Crippen LogP contribution in [0.3, 0.4) is 0 Å². The van der Waals surface area contributed by atoms with E-state index in [0.29, 0.717) is 112 Å². The van der Waals surface area contributed by atoms with Crippen molar-refractivity contribution in [2.75, 3.05) is 126 Å². The van der Waals surface area contributed by atoms with Gasteiger partial charge in [0.05, 0.1) is 78.1 Å². The van der Waals surface area contributed by atoms with Crippen molar-refractivity contribution < 1.29 is 85.9 Å². The van der Waals surface area contributed by atoms with Crippen LogP contribution in [-0.2, 0) is 68.0 Å². The third kappa shape index (κ3) is 23.2. The molecule has 6 bridgehead atoms. The second-order valence-electron chi connectivity index (χ2n) is 45.9. The average Bonchev–Trinajstić information content (AvgIpc) is 1.47. The third-order valence-electron chi connectivity index (χ3n) is 35.0. The minimum atomic E-state index is -1.53. The molecule has 3 saturated heterocycles. The number of aliphatic hydroxyl groups excluding tert-OH is 4. The van der Waals surface area contributed by atoms with E-state index in [0.717, 1.165) is 88.3 Å². The molecule has 806 valence electrons. The van der Waals surface area contributed by atoms with Crippen LogP contribution in [-0.4, -0.2) is 254 Å². The molecule has 19 rings (SSSR count). The van der Waals surface area contributed by atoms with Gasteiger partial charge in [0.2, 0.25) is 17.7 Å². The number of hydrogen-bond acceptors (Lipinski definition) is 25. The molecule has 0 spiro atoms. The molecule has 12 aliphatic rings. The minimum Gasteiger partial charge on any atom is -0.496 e. The lowest BCUT2D eigenvalue weighted by Crippen LogP contribution is -2.62. The van der Waals surface area contributed by atoms with Crippen molar-refractivity contribution in [3.8, 4) is 50.6 Å². The summed E-state index contributed by atoms with van der Waals surface area (Å²) in [7, 11) is 21.9. The maximum atomic E-state index is 14.7. The van der Waals surface area contributed by atoms with Gasteiger partial charge in [0.25, 0.3) is 5.91 Å². The lowest BCUT2D eigenvalue weighted by Gasteiger charge is -2.62. The number of hydroxylamine groups is 6. The SMILES string of the molecule is CNCc1cc(-c2cccc(CN3O[C@@H](CN)[C@@H]([C@H](C)O)[C@H]3C(=O)N[C@H]3C[C@H]4C[C@@H]([C@@H]3C)C4(C)C)c2OC)cc(N(C)C)c1.COc1c(CN2O[C@@H](CN)[C@H]([C@H](C)O)[C@H]2C(=O)N[C@H]2C[C@H]3C[C@@H]([C@@H]2C)C3(C)C)cccc1-c1cc(CN)cc(N(C)C)c1.COc1c(CN2O[C@@H](CO)[C@H]([C@H](C)O)[C@H]2C(=O)N[C@H]2C[C@H]3C[C@@H]([C@@H]2C)C3(C)C)cccc1-c1cc(C(=O)N[C@@H](Cc2c(F)c(F)cc(F)c2F)CN(C)C)cc(N(C)C)c1. The van der Waals surface area contributed by atoms with Crippen LogP contribution in [0.5, 0.6) is 17.2 Å². The molecular weight excluding hydrogens is 1880 g/mol. The largest absolute Gasteiger partial charge is 0.496 e. The number of para-hydroxylation sites is 3. The van der Waals surface area contributed by atoms with Crippen molar-refractivity contribution in [2.24, 2.45) is 104 Å². The fourth-order valence-electron chi connectivity index (χ4n) is 26.3. The molecule has 4 amide bonds. The number of aliphatic hydroxyl groups is 4. The van der Waals surface area contributed by atoms with Crippen LogP contribution >= 0.6 is 0 Å². The van der Waals surface area contributed by atoms with E-state index in [1.807, 2.05) is 89.8 Å². The standard InChI is InChI=1S/C45H59F4N5O6.C35H53N5O4.C34H51N5O4/c1-23-33-16-28(45(33,3)4)17-36(23)51-44(58)41-38(24(2)56)37(22-55)60-54(41)20-25-11-10-12-31(42(25)59-9)26-13-27(15-30(14-26)53(7)8)43(57)50-29(21-52(5)6)18-32-39(48)34(46)19-35(47)40(32)49;1-20-28-15-25(35(28,3)4)16-29(20)38-34(42)32-31(21(2)41)30(17-36)44-40(32)19-23-10-9-11-27(33(23)43-8)24-12-22(18-37-5)13-26(14-24)39(6)7;1-19-27-14-24(34(27,3)4)15-28(19)37-33(41)31-30(20(2)40)29(17-36)43-39(31)18-22-9-8-10-26(32(22)42-7)23-11-21(16-35)12-25(13-23)38(5)6/h10-15,19,23-24,28-29,33,36-38,41,55-56H,16-18,20-22H2,1-9H3,(H,50,57)(H,51,58);9-14,20-21,25,28-32,37,41H,15-19,36H2,1-8H3,(H,38,42);8-13,19-20,24,27-31,40H,14-18,35-36H2,1-7H3,(H,37,41)/t23-,24-,28+,29-,33-,36-,37-,38-,41-;20-,21-,25+,28-,29-,30-,31+,32-;19-,20-,24+,27-,28-,29-,30-,31-/m000/s1. The van der Waals surface area contributed by atoms with Crippen LogP contribution in [0.2, 0.25) is 0 Å². The fraction of sp³-hybridized carbons (Fsp3) is 0.596. The zero-order valence-electron chi connectivity index (χ0n) is 90.5. The molecule has 7 aromatic carbocycles. The first-order chi connectivity index (χ1) is 69.6. The number of nitrogens with one attached hydrogen (secondary N) is 5. The van der Waals surface area contributed by atoms with Gasteiger partial charge in [-0.05, 0) is 239 Å². The van der Waals surface area contributed by atoms with Crippen molar-refractivity contribution in [3.63, 3.8) is 0 Å². The van der Waals surface area contributed by atoms with Gasteiger partial charge in [0, 0.05) is 185 Å².